The van der Waals surface area contributed by atoms with Crippen LogP contribution in [0.3, 0.4) is 0 Å². The van der Waals surface area contributed by atoms with Crippen LogP contribution in [0.4, 0.5) is 14.5 Å². The SMILES string of the molecule is COC(=O)CN(C(C)C)S(=O)(=O)c1cc(N)c(F)cc1F. The first-order valence-electron chi connectivity index (χ1n) is 5.94. The van der Waals surface area contributed by atoms with E-state index in [0.29, 0.717) is 12.1 Å². The van der Waals surface area contributed by atoms with Crippen molar-refractivity contribution in [2.75, 3.05) is 19.4 Å². The number of esters is 1. The van der Waals surface area contributed by atoms with Crippen molar-refractivity contribution >= 4 is 21.7 Å². The lowest BCUT2D eigenvalue weighted by Crippen LogP contribution is -2.41. The predicted molar refractivity (Wildman–Crippen MR) is 71.8 cm³/mol. The van der Waals surface area contributed by atoms with Gasteiger partial charge in [0, 0.05) is 12.1 Å². The minimum Gasteiger partial charge on any atom is -0.468 e. The minimum absolute atomic E-state index is 0.388. The van der Waals surface area contributed by atoms with Crippen molar-refractivity contribution in [2.45, 2.75) is 24.8 Å². The Kier molecular flexibility index (Phi) is 5.24. The van der Waals surface area contributed by atoms with Gasteiger partial charge in [-0.2, -0.15) is 4.31 Å². The molecule has 9 heteroatoms. The van der Waals surface area contributed by atoms with Gasteiger partial charge in [0.15, 0.2) is 0 Å². The third kappa shape index (κ3) is 3.67. The molecule has 0 spiro atoms. The first kappa shape index (κ1) is 17.3. The monoisotopic (exact) mass is 322 g/mol. The molecule has 0 unspecified atom stereocenters. The van der Waals surface area contributed by atoms with Crippen molar-refractivity contribution in [3.63, 3.8) is 0 Å². The molecule has 0 saturated carbocycles. The molecular formula is C12H16F2N2O4S. The number of sulfonamides is 1. The molecule has 0 aliphatic rings. The first-order valence-corrected chi connectivity index (χ1v) is 7.38. The fourth-order valence-corrected chi connectivity index (χ4v) is 3.27. The molecule has 21 heavy (non-hydrogen) atoms. The van der Waals surface area contributed by atoms with E-state index in [-0.39, 0.29) is 0 Å². The van der Waals surface area contributed by atoms with E-state index in [1.54, 1.807) is 0 Å². The zero-order chi connectivity index (χ0) is 16.4. The summed E-state index contributed by atoms with van der Waals surface area (Å²) < 4.78 is 56.9. The number of carbonyl (C=O) groups excluding carboxylic acids is 1. The zero-order valence-electron chi connectivity index (χ0n) is 11.8. The normalized spacial score (nSPS) is 12.0. The summed E-state index contributed by atoms with van der Waals surface area (Å²) in [6.45, 7) is 2.42. The molecule has 2 N–H and O–H groups in total. The lowest BCUT2D eigenvalue weighted by atomic mass is 10.3. The Morgan fingerprint density at radius 3 is 2.38 bits per heavy atom. The second-order valence-electron chi connectivity index (χ2n) is 4.52. The molecule has 0 aliphatic heterocycles. The molecule has 0 aromatic heterocycles. The van der Waals surface area contributed by atoms with Crippen LogP contribution in [-0.2, 0) is 19.6 Å². The van der Waals surface area contributed by atoms with Crippen LogP contribution >= 0.6 is 0 Å². The Labute approximate surface area is 121 Å². The number of carbonyl (C=O) groups is 1. The van der Waals surface area contributed by atoms with E-state index in [9.17, 15) is 22.0 Å². The summed E-state index contributed by atoms with van der Waals surface area (Å²) >= 11 is 0. The number of halogens is 2. The van der Waals surface area contributed by atoms with Crippen LogP contribution in [0.5, 0.6) is 0 Å². The maximum atomic E-state index is 13.8. The maximum absolute atomic E-state index is 13.8. The van der Waals surface area contributed by atoms with Gasteiger partial charge in [-0.05, 0) is 19.9 Å². The second-order valence-corrected chi connectivity index (χ2v) is 6.38. The molecule has 0 bridgehead atoms. The molecule has 0 amide bonds. The number of anilines is 1. The molecule has 0 radical (unpaired) electrons. The Morgan fingerprint density at radius 1 is 1.33 bits per heavy atom. The number of hydrogen-bond acceptors (Lipinski definition) is 5. The van der Waals surface area contributed by atoms with Gasteiger partial charge in [0.2, 0.25) is 10.0 Å². The number of nitrogen functional groups attached to an aromatic ring is 1. The second kappa shape index (κ2) is 6.35. The topological polar surface area (TPSA) is 89.7 Å². The largest absolute Gasteiger partial charge is 0.468 e. The molecule has 1 aromatic carbocycles. The summed E-state index contributed by atoms with van der Waals surface area (Å²) in [5.41, 5.74) is 4.77. The van der Waals surface area contributed by atoms with E-state index in [0.717, 1.165) is 11.4 Å². The van der Waals surface area contributed by atoms with Gasteiger partial charge in [-0.1, -0.05) is 0 Å². The number of ether oxygens (including phenoxy) is 1. The van der Waals surface area contributed by atoms with Crippen molar-refractivity contribution in [2.24, 2.45) is 0 Å². The van der Waals surface area contributed by atoms with Crippen LogP contribution < -0.4 is 5.73 Å². The van der Waals surface area contributed by atoms with Crippen LogP contribution in [0.2, 0.25) is 0 Å². The molecule has 0 aliphatic carbocycles. The van der Waals surface area contributed by atoms with Crippen molar-refractivity contribution in [3.05, 3.63) is 23.8 Å². The van der Waals surface area contributed by atoms with E-state index >= 15 is 0 Å². The lowest BCUT2D eigenvalue weighted by Gasteiger charge is -2.25. The third-order valence-corrected chi connectivity index (χ3v) is 4.76. The molecule has 6 nitrogen and oxygen atoms in total. The fraction of sp³-hybridized carbons (Fsp3) is 0.417. The number of benzene rings is 1. The number of nitrogens with zero attached hydrogens (tertiary/aromatic N) is 1. The van der Waals surface area contributed by atoms with Crippen LogP contribution in [0, 0.1) is 11.6 Å². The number of rotatable bonds is 5. The van der Waals surface area contributed by atoms with Gasteiger partial charge < -0.3 is 10.5 Å². The molecule has 118 valence electrons. The summed E-state index contributed by atoms with van der Waals surface area (Å²) in [4.78, 5) is 10.5. The molecular weight excluding hydrogens is 306 g/mol. The van der Waals surface area contributed by atoms with Gasteiger partial charge in [0.1, 0.15) is 23.1 Å². The highest BCUT2D eigenvalue weighted by Gasteiger charge is 2.32. The van der Waals surface area contributed by atoms with E-state index in [1.165, 1.54) is 13.8 Å². The maximum Gasteiger partial charge on any atom is 0.321 e. The van der Waals surface area contributed by atoms with Gasteiger partial charge in [-0.15, -0.1) is 0 Å². The quantitative estimate of drug-likeness (QED) is 0.648. The number of nitrogens with two attached hydrogens (primary N) is 1. The number of methoxy groups -OCH3 is 1. The molecule has 1 rings (SSSR count). The lowest BCUT2D eigenvalue weighted by molar-refractivity contribution is -0.141. The average molecular weight is 322 g/mol. The number of hydrogen-bond donors (Lipinski definition) is 1. The first-order chi connectivity index (χ1) is 9.61. The van der Waals surface area contributed by atoms with Gasteiger partial charge in [0.05, 0.1) is 12.8 Å². The van der Waals surface area contributed by atoms with Crippen molar-refractivity contribution in [1.82, 2.24) is 4.31 Å². The molecule has 0 saturated heterocycles. The summed E-state index contributed by atoms with van der Waals surface area (Å²) in [5, 5.41) is 0. The van der Waals surface area contributed by atoms with E-state index in [2.05, 4.69) is 4.74 Å². The summed E-state index contributed by atoms with van der Waals surface area (Å²) in [6.07, 6.45) is 0. The van der Waals surface area contributed by atoms with Crippen LogP contribution in [0.15, 0.2) is 17.0 Å². The summed E-state index contributed by atoms with van der Waals surface area (Å²) in [5.74, 6) is -3.14. The standard InChI is InChI=1S/C12H16F2N2O4S/c1-7(2)16(6-12(17)20-3)21(18,19)11-5-10(15)8(13)4-9(11)14/h4-5,7H,6,15H2,1-3H3. The highest BCUT2D eigenvalue weighted by atomic mass is 32.2. The summed E-state index contributed by atoms with van der Waals surface area (Å²) in [6, 6.07) is 0.436. The van der Waals surface area contributed by atoms with Crippen LogP contribution in [0.1, 0.15) is 13.8 Å². The Morgan fingerprint density at radius 2 is 1.90 bits per heavy atom. The summed E-state index contributed by atoms with van der Waals surface area (Å²) in [7, 11) is -3.26. The van der Waals surface area contributed by atoms with Gasteiger partial charge in [-0.25, -0.2) is 17.2 Å². The highest BCUT2D eigenvalue weighted by molar-refractivity contribution is 7.89. The van der Waals surface area contributed by atoms with Crippen molar-refractivity contribution in [1.29, 1.82) is 0 Å². The van der Waals surface area contributed by atoms with Crippen molar-refractivity contribution < 1.29 is 26.7 Å². The van der Waals surface area contributed by atoms with Gasteiger partial charge in [-0.3, -0.25) is 4.79 Å². The van der Waals surface area contributed by atoms with Crippen LogP contribution in [0.25, 0.3) is 0 Å². The van der Waals surface area contributed by atoms with Gasteiger partial charge >= 0.3 is 5.97 Å². The van der Waals surface area contributed by atoms with Crippen LogP contribution in [-0.4, -0.2) is 38.4 Å². The minimum atomic E-state index is -4.36. The predicted octanol–water partition coefficient (Wildman–Crippen LogP) is 1.12. The molecule has 1 aromatic rings. The Hall–Kier alpha value is -1.74. The van der Waals surface area contributed by atoms with E-state index in [4.69, 9.17) is 5.73 Å². The van der Waals surface area contributed by atoms with E-state index in [1.807, 2.05) is 0 Å². The van der Waals surface area contributed by atoms with Crippen molar-refractivity contribution in [3.8, 4) is 0 Å². The third-order valence-electron chi connectivity index (χ3n) is 2.73. The van der Waals surface area contributed by atoms with E-state index < -0.39 is 50.8 Å². The molecule has 0 heterocycles. The smallest absolute Gasteiger partial charge is 0.321 e. The Bertz CT molecular complexity index is 647. The van der Waals surface area contributed by atoms with Gasteiger partial charge in [0.25, 0.3) is 0 Å². The fourth-order valence-electron chi connectivity index (χ4n) is 1.61. The molecule has 0 atom stereocenters. The highest BCUT2D eigenvalue weighted by Crippen LogP contribution is 2.25. The zero-order valence-corrected chi connectivity index (χ0v) is 12.6. The molecule has 0 fully saturated rings. The Balaban J connectivity index is 3.36. The average Bonchev–Trinajstić information content (AvgIpc) is 2.38.